The van der Waals surface area contributed by atoms with Gasteiger partial charge in [0.2, 0.25) is 0 Å². The van der Waals surface area contributed by atoms with Crippen LogP contribution in [0.3, 0.4) is 0 Å². The molecule has 0 saturated carbocycles. The van der Waals surface area contributed by atoms with Crippen LogP contribution in [0, 0.1) is 6.92 Å². The Bertz CT molecular complexity index is 725. The highest BCUT2D eigenvalue weighted by Gasteiger charge is 2.50. The Morgan fingerprint density at radius 2 is 2.29 bits per heavy atom. The molecule has 0 unspecified atom stereocenters. The Morgan fingerprint density at radius 3 is 3.04 bits per heavy atom. The molecular formula is C17H19N3O4. The maximum atomic E-state index is 12.2. The Kier molecular flexibility index (Phi) is 3.72. The van der Waals surface area contributed by atoms with E-state index in [2.05, 4.69) is 9.97 Å². The van der Waals surface area contributed by atoms with E-state index in [1.807, 2.05) is 13.0 Å². The summed E-state index contributed by atoms with van der Waals surface area (Å²) in [4.78, 5) is 22.4. The van der Waals surface area contributed by atoms with Crippen LogP contribution in [0.2, 0.25) is 0 Å². The van der Waals surface area contributed by atoms with E-state index in [0.29, 0.717) is 31.5 Å². The Morgan fingerprint density at radius 1 is 1.42 bits per heavy atom. The van der Waals surface area contributed by atoms with E-state index < -0.39 is 0 Å². The van der Waals surface area contributed by atoms with Crippen LogP contribution in [0.15, 0.2) is 35.1 Å². The molecule has 2 aromatic heterocycles. The quantitative estimate of drug-likeness (QED) is 0.855. The standard InChI is InChI=1S/C17H19N3O4/c1-12-4-6-18-16(19-12)24-13-5-8-23-17(9-13)10-20(11-17)15(21)14-3-2-7-22-14/h2-4,6-7,13H,5,8-11H2,1H3/t13-/m1/s1. The topological polar surface area (TPSA) is 77.7 Å². The van der Waals surface area contributed by atoms with E-state index in [0.717, 1.165) is 18.5 Å². The fourth-order valence-electron chi connectivity index (χ4n) is 3.28. The van der Waals surface area contributed by atoms with Crippen molar-refractivity contribution in [1.82, 2.24) is 14.9 Å². The molecule has 1 amide bonds. The van der Waals surface area contributed by atoms with Crippen molar-refractivity contribution in [3.63, 3.8) is 0 Å². The van der Waals surface area contributed by atoms with Gasteiger partial charge in [-0.15, -0.1) is 0 Å². The van der Waals surface area contributed by atoms with E-state index in [1.54, 1.807) is 23.2 Å². The van der Waals surface area contributed by atoms with Gasteiger partial charge in [0.25, 0.3) is 5.91 Å². The van der Waals surface area contributed by atoms with Gasteiger partial charge in [-0.1, -0.05) is 0 Å². The van der Waals surface area contributed by atoms with Gasteiger partial charge in [-0.05, 0) is 25.1 Å². The van der Waals surface area contributed by atoms with Gasteiger partial charge in [0.1, 0.15) is 11.7 Å². The Hall–Kier alpha value is -2.41. The van der Waals surface area contributed by atoms with Crippen molar-refractivity contribution in [3.05, 3.63) is 42.1 Å². The summed E-state index contributed by atoms with van der Waals surface area (Å²) in [5, 5.41) is 0. The van der Waals surface area contributed by atoms with Crippen molar-refractivity contribution in [2.45, 2.75) is 31.5 Å². The molecule has 0 bridgehead atoms. The van der Waals surface area contributed by atoms with Crippen LogP contribution in [0.4, 0.5) is 0 Å². The molecule has 0 aromatic carbocycles. The van der Waals surface area contributed by atoms with Crippen LogP contribution in [0.25, 0.3) is 0 Å². The molecule has 7 nitrogen and oxygen atoms in total. The predicted molar refractivity (Wildman–Crippen MR) is 83.7 cm³/mol. The van der Waals surface area contributed by atoms with Gasteiger partial charge in [-0.25, -0.2) is 9.97 Å². The van der Waals surface area contributed by atoms with Crippen molar-refractivity contribution in [3.8, 4) is 6.01 Å². The predicted octanol–water partition coefficient (Wildman–Crippen LogP) is 1.83. The maximum absolute atomic E-state index is 12.2. The summed E-state index contributed by atoms with van der Waals surface area (Å²) in [6.45, 7) is 3.63. The third-order valence-electron chi connectivity index (χ3n) is 4.47. The van der Waals surface area contributed by atoms with Crippen LogP contribution >= 0.6 is 0 Å². The lowest BCUT2D eigenvalue weighted by molar-refractivity contribution is -0.174. The maximum Gasteiger partial charge on any atom is 0.316 e. The Balaban J connectivity index is 1.37. The summed E-state index contributed by atoms with van der Waals surface area (Å²) < 4.78 is 17.0. The third-order valence-corrected chi connectivity index (χ3v) is 4.47. The molecule has 2 aliphatic heterocycles. The molecule has 126 valence electrons. The summed E-state index contributed by atoms with van der Waals surface area (Å²) >= 11 is 0. The van der Waals surface area contributed by atoms with E-state index in [4.69, 9.17) is 13.9 Å². The summed E-state index contributed by atoms with van der Waals surface area (Å²) in [5.74, 6) is 0.265. The summed E-state index contributed by atoms with van der Waals surface area (Å²) in [7, 11) is 0. The zero-order chi connectivity index (χ0) is 16.6. The number of carbonyl (C=O) groups excluding carboxylic acids is 1. The molecule has 4 rings (SSSR count). The van der Waals surface area contributed by atoms with Gasteiger partial charge < -0.3 is 18.8 Å². The summed E-state index contributed by atoms with van der Waals surface area (Å²) in [6.07, 6.45) is 4.73. The van der Waals surface area contributed by atoms with Crippen molar-refractivity contribution in [2.75, 3.05) is 19.7 Å². The first kappa shape index (κ1) is 15.1. The number of carbonyl (C=O) groups is 1. The van der Waals surface area contributed by atoms with Crippen LogP contribution in [-0.2, 0) is 4.74 Å². The number of aromatic nitrogens is 2. The van der Waals surface area contributed by atoms with Gasteiger partial charge in [0.05, 0.1) is 26.0 Å². The lowest BCUT2D eigenvalue weighted by atomic mass is 9.84. The number of hydrogen-bond acceptors (Lipinski definition) is 6. The molecule has 1 atom stereocenters. The highest BCUT2D eigenvalue weighted by molar-refractivity contribution is 5.92. The molecule has 7 heteroatoms. The van der Waals surface area contributed by atoms with Crippen LogP contribution < -0.4 is 4.74 Å². The lowest BCUT2D eigenvalue weighted by Crippen LogP contribution is -2.67. The number of aryl methyl sites for hydroxylation is 1. The second kappa shape index (κ2) is 5.90. The third kappa shape index (κ3) is 2.87. The summed E-state index contributed by atoms with van der Waals surface area (Å²) in [6, 6.07) is 5.63. The second-order valence-electron chi connectivity index (χ2n) is 6.38. The molecule has 2 aromatic rings. The van der Waals surface area contributed by atoms with E-state index in [9.17, 15) is 4.79 Å². The molecule has 0 radical (unpaired) electrons. The minimum Gasteiger partial charge on any atom is -0.460 e. The van der Waals surface area contributed by atoms with Crippen LogP contribution in [0.5, 0.6) is 6.01 Å². The molecule has 2 fully saturated rings. The smallest absolute Gasteiger partial charge is 0.316 e. The Labute approximate surface area is 139 Å². The molecule has 0 aliphatic carbocycles. The molecule has 2 aliphatic rings. The van der Waals surface area contributed by atoms with E-state index in [1.165, 1.54) is 6.26 Å². The number of hydrogen-bond donors (Lipinski definition) is 0. The fraction of sp³-hybridized carbons (Fsp3) is 0.471. The highest BCUT2D eigenvalue weighted by atomic mass is 16.5. The number of amides is 1. The zero-order valence-corrected chi connectivity index (χ0v) is 13.5. The van der Waals surface area contributed by atoms with Gasteiger partial charge in [-0.2, -0.15) is 0 Å². The molecule has 4 heterocycles. The van der Waals surface area contributed by atoms with Crippen molar-refractivity contribution in [1.29, 1.82) is 0 Å². The molecule has 24 heavy (non-hydrogen) atoms. The van der Waals surface area contributed by atoms with Gasteiger partial charge in [0, 0.05) is 24.7 Å². The molecule has 1 spiro atoms. The zero-order valence-electron chi connectivity index (χ0n) is 13.5. The van der Waals surface area contributed by atoms with Gasteiger partial charge in [0.15, 0.2) is 5.76 Å². The average molecular weight is 329 g/mol. The first-order valence-corrected chi connectivity index (χ1v) is 8.07. The molecular weight excluding hydrogens is 310 g/mol. The highest BCUT2D eigenvalue weighted by Crippen LogP contribution is 2.36. The average Bonchev–Trinajstić information content (AvgIpc) is 3.06. The SMILES string of the molecule is Cc1ccnc(O[C@@H]2CCOC3(C2)CN(C(=O)c2ccco2)C3)n1. The monoisotopic (exact) mass is 329 g/mol. The van der Waals surface area contributed by atoms with Gasteiger partial charge >= 0.3 is 6.01 Å². The number of ether oxygens (including phenoxy) is 2. The van der Waals surface area contributed by atoms with Crippen molar-refractivity contribution < 1.29 is 18.7 Å². The van der Waals surface area contributed by atoms with Crippen molar-refractivity contribution in [2.24, 2.45) is 0 Å². The number of rotatable bonds is 3. The van der Waals surface area contributed by atoms with Gasteiger partial charge in [-0.3, -0.25) is 4.79 Å². The minimum atomic E-state index is -0.324. The second-order valence-corrected chi connectivity index (χ2v) is 6.38. The largest absolute Gasteiger partial charge is 0.460 e. The molecule has 0 N–H and O–H groups in total. The minimum absolute atomic E-state index is 0.00131. The number of likely N-dealkylation sites (tertiary alicyclic amines) is 1. The summed E-state index contributed by atoms with van der Waals surface area (Å²) in [5.41, 5.74) is 0.551. The normalized spacial score (nSPS) is 22.2. The number of furan rings is 1. The lowest BCUT2D eigenvalue weighted by Gasteiger charge is -2.52. The van der Waals surface area contributed by atoms with Crippen LogP contribution in [-0.4, -0.2) is 52.2 Å². The van der Waals surface area contributed by atoms with Crippen molar-refractivity contribution >= 4 is 5.91 Å². The first-order chi connectivity index (χ1) is 11.6. The fourth-order valence-corrected chi connectivity index (χ4v) is 3.28. The van der Waals surface area contributed by atoms with Crippen LogP contribution in [0.1, 0.15) is 29.1 Å². The van der Waals surface area contributed by atoms with E-state index >= 15 is 0 Å². The van der Waals surface area contributed by atoms with E-state index in [-0.39, 0.29) is 17.6 Å². The first-order valence-electron chi connectivity index (χ1n) is 8.07. The molecule has 2 saturated heterocycles. The number of nitrogens with zero attached hydrogens (tertiary/aromatic N) is 3.